The fraction of sp³-hybridized carbons (Fsp3) is 0.350. The van der Waals surface area contributed by atoms with Crippen LogP contribution in [0, 0.1) is 0 Å². The number of esters is 1. The van der Waals surface area contributed by atoms with Crippen LogP contribution in [-0.2, 0) is 24.3 Å². The van der Waals surface area contributed by atoms with Gasteiger partial charge in [-0.05, 0) is 36.4 Å². The van der Waals surface area contributed by atoms with Crippen LogP contribution in [-0.4, -0.2) is 58.5 Å². The summed E-state index contributed by atoms with van der Waals surface area (Å²) in [6, 6.07) is 7.93. The molecule has 1 aliphatic heterocycles. The van der Waals surface area contributed by atoms with Crippen molar-refractivity contribution in [1.29, 1.82) is 0 Å². The molecule has 32 heavy (non-hydrogen) atoms. The van der Waals surface area contributed by atoms with Gasteiger partial charge in [0.2, 0.25) is 10.0 Å². The fourth-order valence-corrected chi connectivity index (χ4v) is 5.80. The molecule has 10 nitrogen and oxygen atoms in total. The molecule has 0 unspecified atom stereocenters. The maximum absolute atomic E-state index is 12.9. The van der Waals surface area contributed by atoms with Gasteiger partial charge in [0.25, 0.3) is 11.8 Å². The van der Waals surface area contributed by atoms with E-state index < -0.39 is 40.5 Å². The van der Waals surface area contributed by atoms with Gasteiger partial charge >= 0.3 is 5.97 Å². The largest absolute Gasteiger partial charge is 0.477 e. The number of carbonyl (C=O) groups is 3. The third kappa shape index (κ3) is 4.61. The summed E-state index contributed by atoms with van der Waals surface area (Å²) in [6.07, 6.45) is 0.600. The Kier molecular flexibility index (Phi) is 6.17. The SMILES string of the molecule is CNC(=O)[C@H]1CN(C(=O)COC(=O)c2sccc2S(=O)(=O)NC2CC2)c2ccccc2O1. The van der Waals surface area contributed by atoms with Gasteiger partial charge in [-0.3, -0.25) is 9.59 Å². The number of benzene rings is 1. The Labute approximate surface area is 188 Å². The molecule has 0 radical (unpaired) electrons. The summed E-state index contributed by atoms with van der Waals surface area (Å²) < 4.78 is 38.3. The number of sulfonamides is 1. The highest BCUT2D eigenvalue weighted by atomic mass is 32.2. The molecule has 12 heteroatoms. The van der Waals surface area contributed by atoms with Gasteiger partial charge in [-0.1, -0.05) is 12.1 Å². The maximum Gasteiger partial charge on any atom is 0.350 e. The molecule has 1 atom stereocenters. The van der Waals surface area contributed by atoms with Crippen molar-refractivity contribution in [2.75, 3.05) is 25.1 Å². The number of para-hydroxylation sites is 2. The molecule has 1 fully saturated rings. The highest BCUT2D eigenvalue weighted by Crippen LogP contribution is 2.33. The Morgan fingerprint density at radius 3 is 2.69 bits per heavy atom. The summed E-state index contributed by atoms with van der Waals surface area (Å²) in [7, 11) is -2.38. The molecule has 2 aromatic rings. The van der Waals surface area contributed by atoms with Crippen LogP contribution in [0.1, 0.15) is 22.5 Å². The standard InChI is InChI=1S/C20H21N3O7S2/c1-21-19(25)15-10-23(13-4-2-3-5-14(13)30-15)17(24)11-29-20(26)18-16(8-9-31-18)32(27,28)22-12-6-7-12/h2-5,8-9,12,15,22H,6-7,10-11H2,1H3,(H,21,25)/t15-/m1/s1. The molecule has 4 rings (SSSR count). The number of nitrogens with zero attached hydrogens (tertiary/aromatic N) is 1. The Morgan fingerprint density at radius 1 is 1.22 bits per heavy atom. The lowest BCUT2D eigenvalue weighted by Gasteiger charge is -2.33. The van der Waals surface area contributed by atoms with E-state index in [0.717, 1.165) is 24.2 Å². The molecule has 0 bridgehead atoms. The quantitative estimate of drug-likeness (QED) is 0.564. The fourth-order valence-electron chi connectivity index (χ4n) is 3.18. The minimum atomic E-state index is -3.84. The van der Waals surface area contributed by atoms with Crippen LogP contribution in [0.4, 0.5) is 5.69 Å². The van der Waals surface area contributed by atoms with E-state index in [1.165, 1.54) is 23.4 Å². The number of anilines is 1. The predicted molar refractivity (Wildman–Crippen MR) is 115 cm³/mol. The number of ether oxygens (including phenoxy) is 2. The number of thiophene rings is 1. The highest BCUT2D eigenvalue weighted by Gasteiger charge is 2.35. The molecule has 1 aromatic carbocycles. The topological polar surface area (TPSA) is 131 Å². The average molecular weight is 480 g/mol. The van der Waals surface area contributed by atoms with E-state index in [9.17, 15) is 22.8 Å². The number of fused-ring (bicyclic) bond motifs is 1. The van der Waals surface area contributed by atoms with Crippen molar-refractivity contribution in [1.82, 2.24) is 10.0 Å². The molecule has 0 spiro atoms. The number of likely N-dealkylation sites (N-methyl/N-ethyl adjacent to an activating group) is 1. The van der Waals surface area contributed by atoms with E-state index >= 15 is 0 Å². The molecule has 1 aliphatic carbocycles. The van der Waals surface area contributed by atoms with Crippen molar-refractivity contribution >= 4 is 44.8 Å². The van der Waals surface area contributed by atoms with Gasteiger partial charge in [-0.15, -0.1) is 11.3 Å². The molecule has 0 saturated heterocycles. The van der Waals surface area contributed by atoms with Crippen LogP contribution in [0.3, 0.4) is 0 Å². The zero-order valence-electron chi connectivity index (χ0n) is 17.1. The first-order chi connectivity index (χ1) is 15.3. The summed E-state index contributed by atoms with van der Waals surface area (Å²) >= 11 is 0.924. The van der Waals surface area contributed by atoms with Crippen LogP contribution in [0.25, 0.3) is 0 Å². The van der Waals surface area contributed by atoms with Crippen LogP contribution >= 0.6 is 11.3 Å². The average Bonchev–Trinajstić information content (AvgIpc) is 3.44. The van der Waals surface area contributed by atoms with Gasteiger partial charge in [-0.2, -0.15) is 0 Å². The number of rotatable bonds is 7. The van der Waals surface area contributed by atoms with Crippen LogP contribution in [0.2, 0.25) is 0 Å². The second kappa shape index (κ2) is 8.88. The van der Waals surface area contributed by atoms with Crippen molar-refractivity contribution in [3.63, 3.8) is 0 Å². The molecule has 1 saturated carbocycles. The maximum atomic E-state index is 12.9. The van der Waals surface area contributed by atoms with E-state index in [1.807, 2.05) is 0 Å². The van der Waals surface area contributed by atoms with E-state index in [2.05, 4.69) is 10.0 Å². The second-order valence-corrected chi connectivity index (χ2v) is 9.88. The molecule has 1 aromatic heterocycles. The van der Waals surface area contributed by atoms with E-state index in [0.29, 0.717) is 11.4 Å². The first-order valence-electron chi connectivity index (χ1n) is 9.84. The van der Waals surface area contributed by atoms with Gasteiger partial charge in [0, 0.05) is 13.1 Å². The van der Waals surface area contributed by atoms with E-state index in [4.69, 9.17) is 9.47 Å². The Morgan fingerprint density at radius 2 is 1.97 bits per heavy atom. The van der Waals surface area contributed by atoms with Crippen LogP contribution in [0.5, 0.6) is 5.75 Å². The van der Waals surface area contributed by atoms with Crippen LogP contribution < -0.4 is 19.7 Å². The summed E-state index contributed by atoms with van der Waals surface area (Å²) in [5, 5.41) is 3.96. The van der Waals surface area contributed by atoms with E-state index in [1.54, 1.807) is 24.3 Å². The smallest absolute Gasteiger partial charge is 0.350 e. The van der Waals surface area contributed by atoms with Gasteiger partial charge < -0.3 is 19.7 Å². The van der Waals surface area contributed by atoms with Crippen molar-refractivity contribution in [3.05, 3.63) is 40.6 Å². The number of nitrogens with one attached hydrogen (secondary N) is 2. The zero-order valence-corrected chi connectivity index (χ0v) is 18.7. The number of hydrogen-bond acceptors (Lipinski definition) is 8. The minimum Gasteiger partial charge on any atom is -0.477 e. The summed E-state index contributed by atoms with van der Waals surface area (Å²) in [6.45, 7) is -0.682. The number of hydrogen-bond donors (Lipinski definition) is 2. The molecule has 2 heterocycles. The van der Waals surface area contributed by atoms with Crippen molar-refractivity contribution in [3.8, 4) is 5.75 Å². The molecule has 170 valence electrons. The second-order valence-electron chi connectivity index (χ2n) is 7.28. The zero-order chi connectivity index (χ0) is 22.9. The molecule has 2 N–H and O–H groups in total. The predicted octanol–water partition coefficient (Wildman–Crippen LogP) is 0.886. The molecule has 2 aliphatic rings. The van der Waals surface area contributed by atoms with Crippen LogP contribution in [0.15, 0.2) is 40.6 Å². The summed E-state index contributed by atoms with van der Waals surface area (Å²) in [4.78, 5) is 38.5. The first-order valence-corrected chi connectivity index (χ1v) is 12.2. The van der Waals surface area contributed by atoms with Gasteiger partial charge in [0.05, 0.1) is 12.2 Å². The third-order valence-electron chi connectivity index (χ3n) is 4.94. The first kappa shape index (κ1) is 22.2. The Balaban J connectivity index is 1.46. The molecule has 2 amide bonds. The third-order valence-corrected chi connectivity index (χ3v) is 7.53. The van der Waals surface area contributed by atoms with Gasteiger partial charge in [0.1, 0.15) is 15.5 Å². The highest BCUT2D eigenvalue weighted by molar-refractivity contribution is 7.89. The normalized spacial score (nSPS) is 17.8. The Bertz CT molecular complexity index is 1160. The van der Waals surface area contributed by atoms with Gasteiger partial charge in [0.15, 0.2) is 12.7 Å². The summed E-state index contributed by atoms with van der Waals surface area (Å²) in [5.74, 6) is -1.52. The monoisotopic (exact) mass is 479 g/mol. The lowest BCUT2D eigenvalue weighted by Crippen LogP contribution is -2.51. The van der Waals surface area contributed by atoms with E-state index in [-0.39, 0.29) is 22.4 Å². The summed E-state index contributed by atoms with van der Waals surface area (Å²) in [5.41, 5.74) is 0.446. The van der Waals surface area contributed by atoms with Crippen molar-refractivity contribution < 1.29 is 32.3 Å². The van der Waals surface area contributed by atoms with Crippen molar-refractivity contribution in [2.24, 2.45) is 0 Å². The molecular formula is C20H21N3O7S2. The minimum absolute atomic E-state index is 0.0585. The lowest BCUT2D eigenvalue weighted by molar-refractivity contribution is -0.128. The lowest BCUT2D eigenvalue weighted by atomic mass is 10.1. The van der Waals surface area contributed by atoms with Crippen molar-refractivity contribution in [2.45, 2.75) is 29.9 Å². The number of carbonyl (C=O) groups excluding carboxylic acids is 3. The van der Waals surface area contributed by atoms with Gasteiger partial charge in [-0.25, -0.2) is 17.9 Å². The number of amides is 2. The Hall–Kier alpha value is -2.96. The molecular weight excluding hydrogens is 458 g/mol.